The Labute approximate surface area is 77.2 Å². The van der Waals surface area contributed by atoms with Crippen molar-refractivity contribution < 1.29 is 29.7 Å². The van der Waals surface area contributed by atoms with Crippen LogP contribution in [0.4, 0.5) is 9.59 Å². The Hall–Kier alpha value is -2.25. The number of carbonyl (C=O) groups is 3. The third-order valence-electron chi connectivity index (χ3n) is 1.55. The molecule has 0 saturated heterocycles. The van der Waals surface area contributed by atoms with E-state index in [1.54, 1.807) is 0 Å². The summed E-state index contributed by atoms with van der Waals surface area (Å²) in [5.74, 6) is -1.35. The van der Waals surface area contributed by atoms with Crippen molar-refractivity contribution >= 4 is 18.2 Å². The summed E-state index contributed by atoms with van der Waals surface area (Å²) >= 11 is 0. The van der Waals surface area contributed by atoms with Gasteiger partial charge in [0, 0.05) is 6.20 Å². The van der Waals surface area contributed by atoms with E-state index in [1.165, 1.54) is 0 Å². The quantitative estimate of drug-likeness (QED) is 0.543. The molecule has 0 atom stereocenters. The molecule has 1 heterocycles. The molecule has 0 unspecified atom stereocenters. The zero-order valence-electron chi connectivity index (χ0n) is 6.75. The summed E-state index contributed by atoms with van der Waals surface area (Å²) in [5.41, 5.74) is -0.296. The molecule has 8 nitrogen and oxygen atoms in total. The molecule has 1 rings (SSSR count). The number of nitrogens with zero attached hydrogens (tertiary/aromatic N) is 2. The van der Waals surface area contributed by atoms with E-state index in [4.69, 9.17) is 15.3 Å². The highest BCUT2D eigenvalue weighted by molar-refractivity contribution is 5.90. The van der Waals surface area contributed by atoms with Gasteiger partial charge in [0.15, 0.2) is 0 Å². The van der Waals surface area contributed by atoms with Gasteiger partial charge in [-0.3, -0.25) is 0 Å². The molecular weight excluding hydrogens is 196 g/mol. The van der Waals surface area contributed by atoms with Gasteiger partial charge in [0.2, 0.25) is 0 Å². The highest BCUT2D eigenvalue weighted by Crippen LogP contribution is 2.15. The second-order valence-corrected chi connectivity index (χ2v) is 2.43. The first kappa shape index (κ1) is 9.84. The van der Waals surface area contributed by atoms with Crippen molar-refractivity contribution in [2.45, 2.75) is 0 Å². The smallest absolute Gasteiger partial charge is 0.430 e. The Morgan fingerprint density at radius 3 is 2.00 bits per heavy atom. The second kappa shape index (κ2) is 3.24. The lowest BCUT2D eigenvalue weighted by atomic mass is 10.3. The molecule has 2 amide bonds. The Balaban J connectivity index is 2.93. The van der Waals surface area contributed by atoms with E-state index < -0.39 is 24.7 Å². The summed E-state index contributed by atoms with van der Waals surface area (Å²) in [6.45, 7) is -0.475. The third-order valence-corrected chi connectivity index (χ3v) is 1.55. The van der Waals surface area contributed by atoms with E-state index in [0.29, 0.717) is 10.0 Å². The molecule has 0 saturated carbocycles. The van der Waals surface area contributed by atoms with E-state index in [9.17, 15) is 14.4 Å². The lowest BCUT2D eigenvalue weighted by Crippen LogP contribution is -2.42. The van der Waals surface area contributed by atoms with Gasteiger partial charge in [-0.2, -0.15) is 5.01 Å². The lowest BCUT2D eigenvalue weighted by Gasteiger charge is -2.20. The third kappa shape index (κ3) is 1.58. The second-order valence-electron chi connectivity index (χ2n) is 2.43. The monoisotopic (exact) mass is 202 g/mol. The van der Waals surface area contributed by atoms with Crippen LogP contribution in [-0.2, 0) is 4.79 Å². The van der Waals surface area contributed by atoms with Crippen LogP contribution in [0.2, 0.25) is 0 Å². The van der Waals surface area contributed by atoms with Crippen LogP contribution in [0, 0.1) is 0 Å². The van der Waals surface area contributed by atoms with Crippen LogP contribution in [0.25, 0.3) is 0 Å². The molecule has 0 aromatic rings. The Morgan fingerprint density at radius 1 is 1.14 bits per heavy atom. The fourth-order valence-electron chi connectivity index (χ4n) is 0.937. The van der Waals surface area contributed by atoms with Crippen molar-refractivity contribution in [2.24, 2.45) is 0 Å². The van der Waals surface area contributed by atoms with Crippen molar-refractivity contribution in [3.05, 3.63) is 11.8 Å². The van der Waals surface area contributed by atoms with Crippen molar-refractivity contribution in [1.82, 2.24) is 10.0 Å². The van der Waals surface area contributed by atoms with Crippen LogP contribution in [-0.4, -0.2) is 50.0 Å². The topological polar surface area (TPSA) is 118 Å². The van der Waals surface area contributed by atoms with Gasteiger partial charge in [-0.1, -0.05) is 0 Å². The summed E-state index contributed by atoms with van der Waals surface area (Å²) in [6, 6.07) is 0. The summed E-state index contributed by atoms with van der Waals surface area (Å²) in [4.78, 5) is 31.4. The molecule has 0 aromatic carbocycles. The van der Waals surface area contributed by atoms with Gasteiger partial charge >= 0.3 is 18.2 Å². The molecule has 1 aliphatic heterocycles. The maximum absolute atomic E-state index is 10.5. The summed E-state index contributed by atoms with van der Waals surface area (Å²) in [5, 5.41) is 26.2. The van der Waals surface area contributed by atoms with Crippen LogP contribution < -0.4 is 0 Å². The first-order chi connectivity index (χ1) is 6.43. The highest BCUT2D eigenvalue weighted by Gasteiger charge is 2.33. The number of hydrogen-bond acceptors (Lipinski definition) is 3. The van der Waals surface area contributed by atoms with Crippen molar-refractivity contribution in [2.75, 3.05) is 6.54 Å². The largest absolute Gasteiger partial charge is 0.478 e. The normalized spacial score (nSPS) is 15.3. The molecule has 0 bridgehead atoms. The van der Waals surface area contributed by atoms with E-state index in [0.717, 1.165) is 6.20 Å². The first-order valence-electron chi connectivity index (χ1n) is 3.40. The average molecular weight is 202 g/mol. The van der Waals surface area contributed by atoms with Gasteiger partial charge in [-0.25, -0.2) is 19.4 Å². The zero-order chi connectivity index (χ0) is 10.9. The molecule has 0 radical (unpaired) electrons. The average Bonchev–Trinajstić information content (AvgIpc) is 2.47. The van der Waals surface area contributed by atoms with Crippen LogP contribution in [0.5, 0.6) is 0 Å². The van der Waals surface area contributed by atoms with Gasteiger partial charge in [0.25, 0.3) is 0 Å². The first-order valence-corrected chi connectivity index (χ1v) is 3.40. The molecule has 0 aromatic heterocycles. The highest BCUT2D eigenvalue weighted by atomic mass is 16.4. The number of carboxylic acids is 1. The predicted octanol–water partition coefficient (Wildman–Crippen LogP) is -0.156. The molecule has 8 heteroatoms. The maximum Gasteiger partial charge on any atom is 0.430 e. The van der Waals surface area contributed by atoms with Gasteiger partial charge in [0.1, 0.15) is 0 Å². The Kier molecular flexibility index (Phi) is 2.28. The zero-order valence-corrected chi connectivity index (χ0v) is 6.75. The molecule has 14 heavy (non-hydrogen) atoms. The van der Waals surface area contributed by atoms with Gasteiger partial charge in [-0.05, 0) is 0 Å². The van der Waals surface area contributed by atoms with Crippen LogP contribution >= 0.6 is 0 Å². The number of hydrogen-bond donors (Lipinski definition) is 3. The molecule has 3 N–H and O–H groups in total. The Morgan fingerprint density at radius 2 is 1.71 bits per heavy atom. The van der Waals surface area contributed by atoms with Crippen molar-refractivity contribution in [3.8, 4) is 0 Å². The van der Waals surface area contributed by atoms with E-state index in [1.807, 2.05) is 0 Å². The van der Waals surface area contributed by atoms with Crippen LogP contribution in [0.15, 0.2) is 11.8 Å². The number of amides is 2. The van der Waals surface area contributed by atoms with E-state index in [-0.39, 0.29) is 5.57 Å². The lowest BCUT2D eigenvalue weighted by molar-refractivity contribution is -0.132. The standard InChI is InChI=1S/C6H6N2O6/c9-4(10)3-1-7(5(11)12)8(2-3)6(13)14/h1H,2H2,(H,9,10)(H,11,12)(H,13,14). The maximum atomic E-state index is 10.5. The van der Waals surface area contributed by atoms with Gasteiger partial charge in [-0.15, -0.1) is 0 Å². The summed E-state index contributed by atoms with van der Waals surface area (Å²) in [7, 11) is 0. The minimum Gasteiger partial charge on any atom is -0.478 e. The molecule has 1 aliphatic rings. The fourth-order valence-corrected chi connectivity index (χ4v) is 0.937. The minimum atomic E-state index is -1.55. The summed E-state index contributed by atoms with van der Waals surface area (Å²) < 4.78 is 0. The fraction of sp³-hybridized carbons (Fsp3) is 0.167. The number of aliphatic carboxylic acids is 1. The molecule has 0 fully saturated rings. The predicted molar refractivity (Wildman–Crippen MR) is 40.3 cm³/mol. The van der Waals surface area contributed by atoms with Crippen LogP contribution in [0.1, 0.15) is 0 Å². The van der Waals surface area contributed by atoms with Crippen molar-refractivity contribution in [1.29, 1.82) is 0 Å². The number of rotatable bonds is 1. The number of hydrazine groups is 1. The number of carboxylic acid groups (broad SMARTS) is 3. The molecule has 0 spiro atoms. The van der Waals surface area contributed by atoms with E-state index >= 15 is 0 Å². The van der Waals surface area contributed by atoms with Gasteiger partial charge in [0.05, 0.1) is 12.1 Å². The molecule has 76 valence electrons. The minimum absolute atomic E-state index is 0.296. The van der Waals surface area contributed by atoms with Gasteiger partial charge < -0.3 is 15.3 Å². The Bertz CT molecular complexity index is 335. The molecule has 0 aliphatic carbocycles. The van der Waals surface area contributed by atoms with Crippen LogP contribution in [0.3, 0.4) is 0 Å². The molecular formula is C6H6N2O6. The van der Waals surface area contributed by atoms with E-state index in [2.05, 4.69) is 0 Å². The summed E-state index contributed by atoms with van der Waals surface area (Å²) in [6.07, 6.45) is -2.33. The van der Waals surface area contributed by atoms with Crippen molar-refractivity contribution in [3.63, 3.8) is 0 Å². The SMILES string of the molecule is O=C(O)C1=CN(C(=O)O)N(C(=O)O)C1.